The minimum atomic E-state index is -0.578. The largest absolute Gasteiger partial charge is 0.494 e. The molecule has 1 N–H and O–H groups in total. The van der Waals surface area contributed by atoms with Crippen LogP contribution in [-0.2, 0) is 16.2 Å². The lowest BCUT2D eigenvalue weighted by molar-refractivity contribution is -0.127. The number of hydrogen-bond donors (Lipinski definition) is 1. The summed E-state index contributed by atoms with van der Waals surface area (Å²) in [7, 11) is 0. The number of nitrogens with one attached hydrogen (secondary N) is 1. The lowest BCUT2D eigenvalue weighted by Gasteiger charge is -2.13. The predicted molar refractivity (Wildman–Crippen MR) is 164 cm³/mol. The second-order valence-electron chi connectivity index (χ2n) is 9.01. The molecule has 0 aromatic heterocycles. The highest BCUT2D eigenvalue weighted by Gasteiger charge is 2.36. The lowest BCUT2D eigenvalue weighted by atomic mass is 10.1. The molecule has 10 heteroatoms. The number of ether oxygens (including phenoxy) is 2. The highest BCUT2D eigenvalue weighted by Crippen LogP contribution is 2.38. The van der Waals surface area contributed by atoms with Gasteiger partial charge in [0.25, 0.3) is 11.1 Å². The van der Waals surface area contributed by atoms with E-state index in [-0.39, 0.29) is 21.6 Å². The number of rotatable bonds is 9. The van der Waals surface area contributed by atoms with Crippen LogP contribution in [0.5, 0.6) is 11.5 Å². The molecule has 1 aliphatic heterocycles. The van der Waals surface area contributed by atoms with Gasteiger partial charge in [0.05, 0.1) is 21.6 Å². The van der Waals surface area contributed by atoms with Gasteiger partial charge < -0.3 is 14.8 Å². The lowest BCUT2D eigenvalue weighted by Crippen LogP contribution is -2.36. The molecule has 0 radical (unpaired) electrons. The SMILES string of the molecule is CCOc1ccc(NC(=O)CN2C(=O)S/C(=C/c3cc(Cl)c(OCc4cccc5ccccc45)c(Cl)c3)C2=O)cc1. The summed E-state index contributed by atoms with van der Waals surface area (Å²) in [5.41, 5.74) is 2.02. The number of carbonyl (C=O) groups excluding carboxylic acids is 3. The smallest absolute Gasteiger partial charge is 0.294 e. The highest BCUT2D eigenvalue weighted by atomic mass is 35.5. The Kier molecular flexibility index (Phi) is 8.83. The van der Waals surface area contributed by atoms with Gasteiger partial charge in [-0.15, -0.1) is 0 Å². The number of anilines is 1. The minimum absolute atomic E-state index is 0.153. The third kappa shape index (κ3) is 6.68. The molecular formula is C31H24Cl2N2O5S. The van der Waals surface area contributed by atoms with Gasteiger partial charge in [0.15, 0.2) is 5.75 Å². The number of amides is 3. The van der Waals surface area contributed by atoms with Crippen LogP contribution in [0.3, 0.4) is 0 Å². The van der Waals surface area contributed by atoms with E-state index in [2.05, 4.69) is 5.32 Å². The number of halogens is 2. The summed E-state index contributed by atoms with van der Waals surface area (Å²) < 4.78 is 11.4. The first kappa shape index (κ1) is 28.5. The van der Waals surface area contributed by atoms with E-state index in [4.69, 9.17) is 32.7 Å². The van der Waals surface area contributed by atoms with E-state index in [1.54, 1.807) is 36.4 Å². The van der Waals surface area contributed by atoms with Gasteiger partial charge in [0.1, 0.15) is 18.9 Å². The van der Waals surface area contributed by atoms with Crippen LogP contribution in [0.25, 0.3) is 16.8 Å². The topological polar surface area (TPSA) is 84.9 Å². The van der Waals surface area contributed by atoms with Crippen molar-refractivity contribution < 1.29 is 23.9 Å². The molecule has 1 heterocycles. The Morgan fingerprint density at radius 2 is 1.66 bits per heavy atom. The Bertz CT molecular complexity index is 1640. The molecule has 0 bridgehead atoms. The molecule has 4 aromatic carbocycles. The van der Waals surface area contributed by atoms with Gasteiger partial charge in [-0.1, -0.05) is 65.7 Å². The Hall–Kier alpha value is -3.98. The summed E-state index contributed by atoms with van der Waals surface area (Å²) >= 11 is 13.7. The molecule has 0 spiro atoms. The van der Waals surface area contributed by atoms with Crippen LogP contribution in [0.4, 0.5) is 10.5 Å². The summed E-state index contributed by atoms with van der Waals surface area (Å²) in [4.78, 5) is 39.1. The van der Waals surface area contributed by atoms with Gasteiger partial charge in [-0.3, -0.25) is 19.3 Å². The number of fused-ring (bicyclic) bond motifs is 1. The second kappa shape index (κ2) is 12.7. The quantitative estimate of drug-likeness (QED) is 0.196. The highest BCUT2D eigenvalue weighted by molar-refractivity contribution is 8.18. The number of hydrogen-bond acceptors (Lipinski definition) is 6. The second-order valence-corrected chi connectivity index (χ2v) is 10.8. The Morgan fingerprint density at radius 3 is 2.39 bits per heavy atom. The van der Waals surface area contributed by atoms with Crippen molar-refractivity contribution in [1.82, 2.24) is 4.90 Å². The molecule has 1 saturated heterocycles. The maximum absolute atomic E-state index is 13.0. The van der Waals surface area contributed by atoms with Crippen LogP contribution in [0.15, 0.2) is 83.8 Å². The van der Waals surface area contributed by atoms with Crippen molar-refractivity contribution in [2.45, 2.75) is 13.5 Å². The summed E-state index contributed by atoms with van der Waals surface area (Å²) in [6, 6.07) is 24.0. The summed E-state index contributed by atoms with van der Waals surface area (Å²) in [6.45, 7) is 2.25. The van der Waals surface area contributed by atoms with Gasteiger partial charge in [0.2, 0.25) is 5.91 Å². The Labute approximate surface area is 251 Å². The van der Waals surface area contributed by atoms with E-state index in [0.717, 1.165) is 33.0 Å². The molecule has 41 heavy (non-hydrogen) atoms. The Balaban J connectivity index is 1.25. The maximum Gasteiger partial charge on any atom is 0.294 e. The molecule has 5 rings (SSSR count). The first-order chi connectivity index (χ1) is 19.8. The normalized spacial score (nSPS) is 14.1. The van der Waals surface area contributed by atoms with Crippen molar-refractivity contribution in [2.75, 3.05) is 18.5 Å². The minimum Gasteiger partial charge on any atom is -0.494 e. The van der Waals surface area contributed by atoms with Crippen LogP contribution in [0.1, 0.15) is 18.1 Å². The molecule has 0 saturated carbocycles. The van der Waals surface area contributed by atoms with E-state index in [9.17, 15) is 14.4 Å². The third-order valence-electron chi connectivity index (χ3n) is 6.19. The fraction of sp³-hybridized carbons (Fsp3) is 0.129. The van der Waals surface area contributed by atoms with Gasteiger partial charge in [-0.05, 0) is 83.1 Å². The molecule has 0 atom stereocenters. The molecule has 4 aromatic rings. The predicted octanol–water partition coefficient (Wildman–Crippen LogP) is 7.80. The number of imide groups is 1. The number of benzene rings is 4. The zero-order chi connectivity index (χ0) is 28.9. The van der Waals surface area contributed by atoms with Crippen molar-refractivity contribution in [3.8, 4) is 11.5 Å². The van der Waals surface area contributed by atoms with Crippen LogP contribution in [-0.4, -0.2) is 35.1 Å². The van der Waals surface area contributed by atoms with Crippen LogP contribution < -0.4 is 14.8 Å². The molecular weight excluding hydrogens is 583 g/mol. The maximum atomic E-state index is 13.0. The van der Waals surface area contributed by atoms with Gasteiger partial charge >= 0.3 is 0 Å². The van der Waals surface area contributed by atoms with Crippen molar-refractivity contribution in [3.05, 3.63) is 105 Å². The first-order valence-corrected chi connectivity index (χ1v) is 14.3. The molecule has 7 nitrogen and oxygen atoms in total. The van der Waals surface area contributed by atoms with E-state index < -0.39 is 23.6 Å². The first-order valence-electron chi connectivity index (χ1n) is 12.7. The molecule has 1 fully saturated rings. The van der Waals surface area contributed by atoms with Crippen LogP contribution in [0, 0.1) is 0 Å². The summed E-state index contributed by atoms with van der Waals surface area (Å²) in [5, 5.41) is 4.83. The Morgan fingerprint density at radius 1 is 0.951 bits per heavy atom. The molecule has 1 aliphatic rings. The summed E-state index contributed by atoms with van der Waals surface area (Å²) in [5.74, 6) is -0.0921. The van der Waals surface area contributed by atoms with E-state index >= 15 is 0 Å². The molecule has 208 valence electrons. The van der Waals surface area contributed by atoms with Gasteiger partial charge in [-0.2, -0.15) is 0 Å². The van der Waals surface area contributed by atoms with Crippen molar-refractivity contribution >= 4 is 74.6 Å². The van der Waals surface area contributed by atoms with E-state index in [0.29, 0.717) is 29.4 Å². The van der Waals surface area contributed by atoms with E-state index in [1.807, 2.05) is 49.4 Å². The number of nitrogens with zero attached hydrogens (tertiary/aromatic N) is 1. The third-order valence-corrected chi connectivity index (χ3v) is 7.66. The van der Waals surface area contributed by atoms with Crippen molar-refractivity contribution in [1.29, 1.82) is 0 Å². The van der Waals surface area contributed by atoms with Crippen molar-refractivity contribution in [2.24, 2.45) is 0 Å². The van der Waals surface area contributed by atoms with Crippen LogP contribution in [0.2, 0.25) is 10.0 Å². The van der Waals surface area contributed by atoms with Crippen molar-refractivity contribution in [3.63, 3.8) is 0 Å². The molecule has 0 unspecified atom stereocenters. The summed E-state index contributed by atoms with van der Waals surface area (Å²) in [6.07, 6.45) is 1.52. The average Bonchev–Trinajstić information content (AvgIpc) is 3.21. The fourth-order valence-electron chi connectivity index (χ4n) is 4.30. The monoisotopic (exact) mass is 606 g/mol. The number of thioether (sulfide) groups is 1. The zero-order valence-corrected chi connectivity index (χ0v) is 24.2. The van der Waals surface area contributed by atoms with E-state index in [1.165, 1.54) is 6.08 Å². The number of carbonyl (C=O) groups is 3. The fourth-order valence-corrected chi connectivity index (χ4v) is 5.75. The molecule has 0 aliphatic carbocycles. The van der Waals surface area contributed by atoms with Gasteiger partial charge in [-0.25, -0.2) is 0 Å². The van der Waals surface area contributed by atoms with Gasteiger partial charge in [0, 0.05) is 5.69 Å². The zero-order valence-electron chi connectivity index (χ0n) is 21.9. The standard InChI is InChI=1S/C31H24Cl2N2O5S/c1-2-39-23-12-10-22(11-13-23)34-28(36)17-35-30(37)27(41-31(35)38)16-19-14-25(32)29(26(33)15-19)40-18-21-8-5-7-20-6-3-4-9-24(20)21/h3-16H,2,17-18H2,1H3,(H,34,36)/b27-16+. The van der Waals surface area contributed by atoms with Crippen LogP contribution >= 0.6 is 35.0 Å². The average molecular weight is 608 g/mol. The molecule has 3 amide bonds.